The van der Waals surface area contributed by atoms with E-state index in [9.17, 15) is 14.7 Å². The van der Waals surface area contributed by atoms with Crippen LogP contribution in [-0.2, 0) is 14.3 Å². The van der Waals surface area contributed by atoms with Gasteiger partial charge in [-0.3, -0.25) is 9.59 Å². The Bertz CT molecular complexity index is 1010. The normalized spacial score (nSPS) is 26.5. The van der Waals surface area contributed by atoms with E-state index in [1.807, 2.05) is 4.90 Å². The number of amides is 1. The maximum atomic E-state index is 12.5. The summed E-state index contributed by atoms with van der Waals surface area (Å²) in [4.78, 5) is 26.8. The fourth-order valence-electron chi connectivity index (χ4n) is 5.77. The number of carbonyl (C=O) groups excluding carboxylic acids is 2. The molecule has 5 heteroatoms. The average Bonchev–Trinajstić information content (AvgIpc) is 3.77. The van der Waals surface area contributed by atoms with E-state index in [1.54, 1.807) is 0 Å². The Morgan fingerprint density at radius 2 is 1.82 bits per heavy atom. The summed E-state index contributed by atoms with van der Waals surface area (Å²) < 4.78 is 5.46. The summed E-state index contributed by atoms with van der Waals surface area (Å²) in [6, 6.07) is 8.88. The molecule has 3 aliphatic carbocycles. The Labute approximate surface area is 202 Å². The fourth-order valence-corrected chi connectivity index (χ4v) is 5.77. The van der Waals surface area contributed by atoms with Gasteiger partial charge in [-0.2, -0.15) is 0 Å². The van der Waals surface area contributed by atoms with E-state index >= 15 is 0 Å². The van der Waals surface area contributed by atoms with Crippen LogP contribution in [0.5, 0.6) is 0 Å². The largest absolute Gasteiger partial charge is 0.465 e. The van der Waals surface area contributed by atoms with E-state index in [2.05, 4.69) is 50.3 Å². The molecule has 5 rings (SSSR count). The number of benzene rings is 1. The third-order valence-electron chi connectivity index (χ3n) is 8.50. The third-order valence-corrected chi connectivity index (χ3v) is 8.50. The molecule has 1 heterocycles. The molecule has 1 saturated heterocycles. The fraction of sp³-hybridized carbons (Fsp3) is 0.586. The lowest BCUT2D eigenvalue weighted by molar-refractivity contribution is -0.147. The van der Waals surface area contributed by atoms with Gasteiger partial charge in [0.05, 0.1) is 12.5 Å². The van der Waals surface area contributed by atoms with Crippen molar-refractivity contribution in [3.05, 3.63) is 53.1 Å². The van der Waals surface area contributed by atoms with Crippen LogP contribution in [0, 0.1) is 11.3 Å². The number of rotatable bonds is 7. The summed E-state index contributed by atoms with van der Waals surface area (Å²) in [5, 5.41) is 10.1. The van der Waals surface area contributed by atoms with E-state index in [1.165, 1.54) is 17.6 Å². The molecule has 0 bridgehead atoms. The molecule has 4 aliphatic rings. The van der Waals surface area contributed by atoms with Crippen molar-refractivity contribution in [1.82, 2.24) is 4.90 Å². The van der Waals surface area contributed by atoms with E-state index in [4.69, 9.17) is 4.74 Å². The van der Waals surface area contributed by atoms with Crippen molar-refractivity contribution in [2.45, 2.75) is 76.7 Å². The predicted molar refractivity (Wildman–Crippen MR) is 132 cm³/mol. The van der Waals surface area contributed by atoms with Crippen LogP contribution in [-0.4, -0.2) is 47.2 Å². The van der Waals surface area contributed by atoms with Crippen molar-refractivity contribution < 1.29 is 19.4 Å². The van der Waals surface area contributed by atoms with Gasteiger partial charge in [-0.15, -0.1) is 0 Å². The van der Waals surface area contributed by atoms with E-state index in [-0.39, 0.29) is 17.8 Å². The van der Waals surface area contributed by atoms with E-state index in [0.717, 1.165) is 49.9 Å². The number of carbonyl (C=O) groups is 2. The first kappa shape index (κ1) is 23.3. The summed E-state index contributed by atoms with van der Waals surface area (Å²) >= 11 is 0. The first-order valence-electron chi connectivity index (χ1n) is 13.0. The Balaban J connectivity index is 1.21. The molecule has 3 fully saturated rings. The first-order valence-corrected chi connectivity index (χ1v) is 13.0. The van der Waals surface area contributed by atoms with Gasteiger partial charge in [0.1, 0.15) is 5.60 Å². The number of nitrogens with zero attached hydrogens (tertiary/aromatic N) is 1. The Kier molecular flexibility index (Phi) is 6.18. The lowest BCUT2D eigenvalue weighted by Crippen LogP contribution is -2.45. The molecule has 1 aliphatic heterocycles. The Hall–Kier alpha value is -2.40. The van der Waals surface area contributed by atoms with Crippen molar-refractivity contribution >= 4 is 17.4 Å². The highest BCUT2D eigenvalue weighted by Gasteiger charge is 2.57. The number of aliphatic hydroxyl groups is 1. The third kappa shape index (κ3) is 4.47. The Morgan fingerprint density at radius 3 is 2.47 bits per heavy atom. The highest BCUT2D eigenvalue weighted by Crippen LogP contribution is 2.65. The average molecular weight is 464 g/mol. The standard InChI is InChI=1S/C29H37NO4/c1-3-4-17-34-26(31)23-6-5-20(2)24(18-23)21-7-9-22(10-8-21)25-19-28(25)13-15-30(16-14-28)27(32)29(33)11-12-29/h5,7-10,18,23,25,33H,3-4,6,11-17,19H2,1-2H3/t23?,25-/m1/s1. The number of esters is 1. The van der Waals surface area contributed by atoms with Crippen LogP contribution in [0.1, 0.15) is 82.3 Å². The topological polar surface area (TPSA) is 66.8 Å². The van der Waals surface area contributed by atoms with Crippen LogP contribution >= 0.6 is 0 Å². The molecular weight excluding hydrogens is 426 g/mol. The number of piperidine rings is 1. The van der Waals surface area contributed by atoms with Crippen LogP contribution in [0.4, 0.5) is 0 Å². The number of allylic oxidation sites excluding steroid dienone is 3. The summed E-state index contributed by atoms with van der Waals surface area (Å²) in [5.41, 5.74) is 4.13. The van der Waals surface area contributed by atoms with Gasteiger partial charge in [0.2, 0.25) is 0 Å². The lowest BCUT2D eigenvalue weighted by Gasteiger charge is -2.34. The molecule has 1 aromatic carbocycles. The van der Waals surface area contributed by atoms with E-state index < -0.39 is 5.60 Å². The van der Waals surface area contributed by atoms with Crippen molar-refractivity contribution in [3.8, 4) is 0 Å². The molecule has 1 spiro atoms. The quantitative estimate of drug-likeness (QED) is 0.456. The first-order chi connectivity index (χ1) is 16.3. The highest BCUT2D eigenvalue weighted by atomic mass is 16.5. The van der Waals surface area contributed by atoms with E-state index in [0.29, 0.717) is 37.2 Å². The second-order valence-corrected chi connectivity index (χ2v) is 10.9. The predicted octanol–water partition coefficient (Wildman–Crippen LogP) is 5.00. The SMILES string of the molecule is CCCCOC(=O)C1C=C(c2ccc([C@H]3CC34CCN(C(=O)C3(O)CC3)CC4)cc2)C(C)=CC1. The van der Waals surface area contributed by atoms with Gasteiger partial charge in [0, 0.05) is 13.1 Å². The second kappa shape index (κ2) is 8.99. The lowest BCUT2D eigenvalue weighted by atomic mass is 9.86. The number of hydrogen-bond acceptors (Lipinski definition) is 4. The summed E-state index contributed by atoms with van der Waals surface area (Å²) in [7, 11) is 0. The molecule has 1 aromatic rings. The maximum absolute atomic E-state index is 12.5. The molecular formula is C29H37NO4. The van der Waals surface area contributed by atoms with Gasteiger partial charge in [0.15, 0.2) is 0 Å². The van der Waals surface area contributed by atoms with Crippen LogP contribution in [0.25, 0.3) is 5.57 Å². The zero-order chi connectivity index (χ0) is 23.9. The summed E-state index contributed by atoms with van der Waals surface area (Å²) in [5.74, 6) is 0.176. The van der Waals surface area contributed by atoms with Gasteiger partial charge in [-0.05, 0) is 85.5 Å². The molecule has 182 valence electrons. The molecule has 2 atom stereocenters. The number of hydrogen-bond donors (Lipinski definition) is 1. The zero-order valence-corrected chi connectivity index (χ0v) is 20.5. The minimum Gasteiger partial charge on any atom is -0.465 e. The van der Waals surface area contributed by atoms with Gasteiger partial charge >= 0.3 is 5.97 Å². The zero-order valence-electron chi connectivity index (χ0n) is 20.5. The molecule has 1 unspecified atom stereocenters. The van der Waals surface area contributed by atoms with Gasteiger partial charge in [-0.1, -0.05) is 49.8 Å². The van der Waals surface area contributed by atoms with Crippen molar-refractivity contribution in [2.24, 2.45) is 11.3 Å². The van der Waals surface area contributed by atoms with Crippen molar-refractivity contribution in [1.29, 1.82) is 0 Å². The Morgan fingerprint density at radius 1 is 1.12 bits per heavy atom. The summed E-state index contributed by atoms with van der Waals surface area (Å²) in [6.07, 6.45) is 11.3. The van der Waals surface area contributed by atoms with Crippen molar-refractivity contribution in [2.75, 3.05) is 19.7 Å². The van der Waals surface area contributed by atoms with Gasteiger partial charge in [0.25, 0.3) is 5.91 Å². The smallest absolute Gasteiger partial charge is 0.313 e. The van der Waals surface area contributed by atoms with Crippen LogP contribution in [0.15, 0.2) is 42.0 Å². The summed E-state index contributed by atoms with van der Waals surface area (Å²) in [6.45, 7) is 6.24. The maximum Gasteiger partial charge on any atom is 0.313 e. The molecule has 0 aromatic heterocycles. The molecule has 5 nitrogen and oxygen atoms in total. The number of unbranched alkanes of at least 4 members (excludes halogenated alkanes) is 1. The minimum atomic E-state index is -1.05. The van der Waals surface area contributed by atoms with Crippen LogP contribution in [0.3, 0.4) is 0 Å². The highest BCUT2D eigenvalue weighted by molar-refractivity contribution is 5.88. The molecule has 34 heavy (non-hydrogen) atoms. The molecule has 1 N–H and O–H groups in total. The molecule has 0 radical (unpaired) electrons. The molecule has 2 saturated carbocycles. The number of likely N-dealkylation sites (tertiary alicyclic amines) is 1. The minimum absolute atomic E-state index is 0.0550. The second-order valence-electron chi connectivity index (χ2n) is 10.9. The van der Waals surface area contributed by atoms with Gasteiger partial charge < -0.3 is 14.7 Å². The monoisotopic (exact) mass is 463 g/mol. The van der Waals surface area contributed by atoms with Gasteiger partial charge in [-0.25, -0.2) is 0 Å². The van der Waals surface area contributed by atoms with Crippen LogP contribution < -0.4 is 0 Å². The van der Waals surface area contributed by atoms with Crippen LogP contribution in [0.2, 0.25) is 0 Å². The van der Waals surface area contributed by atoms with Crippen molar-refractivity contribution in [3.63, 3.8) is 0 Å². The number of ether oxygens (including phenoxy) is 1. The molecule has 1 amide bonds.